The number of carbonyl (C=O) groups excluding carboxylic acids is 1. The van der Waals surface area contributed by atoms with Crippen molar-refractivity contribution in [3.05, 3.63) is 72.2 Å². The van der Waals surface area contributed by atoms with Gasteiger partial charge in [0.05, 0.1) is 40.9 Å². The highest BCUT2D eigenvalue weighted by molar-refractivity contribution is 5.99. The Morgan fingerprint density at radius 2 is 1.64 bits per heavy atom. The smallest absolute Gasteiger partial charge is 0.256 e. The lowest BCUT2D eigenvalue weighted by molar-refractivity contribution is 0.0563. The molecule has 4 aromatic rings. The fraction of sp³-hybridized carbons (Fsp3) is 0.320. The van der Waals surface area contributed by atoms with Crippen LogP contribution >= 0.6 is 0 Å². The van der Waals surface area contributed by atoms with Crippen LogP contribution < -0.4 is 4.90 Å². The van der Waals surface area contributed by atoms with Gasteiger partial charge in [-0.05, 0) is 48.9 Å². The van der Waals surface area contributed by atoms with E-state index in [9.17, 15) is 4.79 Å². The second kappa shape index (κ2) is 7.95. The maximum Gasteiger partial charge on any atom is 0.256 e. The fourth-order valence-electron chi connectivity index (χ4n) is 5.33. The predicted octanol–water partition coefficient (Wildman–Crippen LogP) is 3.12. The van der Waals surface area contributed by atoms with Crippen molar-refractivity contribution in [2.75, 3.05) is 31.1 Å². The Morgan fingerprint density at radius 1 is 0.909 bits per heavy atom. The Bertz CT molecular complexity index is 1310. The zero-order chi connectivity index (χ0) is 22.4. The normalized spacial score (nSPS) is 20.3. The van der Waals surface area contributed by atoms with E-state index in [1.807, 2.05) is 60.5 Å². The van der Waals surface area contributed by atoms with E-state index < -0.39 is 0 Å². The van der Waals surface area contributed by atoms with Gasteiger partial charge in [0, 0.05) is 26.2 Å². The van der Waals surface area contributed by atoms with Crippen molar-refractivity contribution >= 4 is 22.8 Å². The van der Waals surface area contributed by atoms with Crippen LogP contribution in [0.15, 0.2) is 61.1 Å². The summed E-state index contributed by atoms with van der Waals surface area (Å²) in [5.74, 6) is 1.80. The molecule has 8 heteroatoms. The van der Waals surface area contributed by atoms with Crippen LogP contribution in [0.3, 0.4) is 0 Å². The molecule has 2 bridgehead atoms. The van der Waals surface area contributed by atoms with Gasteiger partial charge in [0.25, 0.3) is 5.91 Å². The number of carbonyl (C=O) groups is 1. The van der Waals surface area contributed by atoms with Crippen molar-refractivity contribution in [2.24, 2.45) is 11.8 Å². The molecule has 8 nitrogen and oxygen atoms in total. The Kier molecular flexibility index (Phi) is 4.78. The first kappa shape index (κ1) is 19.8. The Labute approximate surface area is 191 Å². The summed E-state index contributed by atoms with van der Waals surface area (Å²) < 4.78 is 0. The van der Waals surface area contributed by atoms with Crippen molar-refractivity contribution in [1.29, 1.82) is 0 Å². The summed E-state index contributed by atoms with van der Waals surface area (Å²) in [7, 11) is 0. The Hall–Kier alpha value is -3.81. The number of aromatic nitrogens is 5. The van der Waals surface area contributed by atoms with Gasteiger partial charge in [-0.2, -0.15) is 15.0 Å². The lowest BCUT2D eigenvalue weighted by Gasteiger charge is -2.46. The monoisotopic (exact) mass is 439 g/mol. The molecule has 0 radical (unpaired) electrons. The summed E-state index contributed by atoms with van der Waals surface area (Å²) in [6.45, 7) is 5.23. The summed E-state index contributed by atoms with van der Waals surface area (Å²) in [4.78, 5) is 29.0. The van der Waals surface area contributed by atoms with Crippen LogP contribution in [-0.2, 0) is 0 Å². The minimum atomic E-state index is 0.0639. The van der Waals surface area contributed by atoms with Gasteiger partial charge in [0.15, 0.2) is 0 Å². The molecule has 166 valence electrons. The number of likely N-dealkylation sites (tertiary alicyclic amines) is 1. The number of hydrogen-bond donors (Lipinski definition) is 0. The summed E-state index contributed by atoms with van der Waals surface area (Å²) in [5.41, 5.74) is 4.19. The number of piperidine rings is 2. The van der Waals surface area contributed by atoms with Gasteiger partial charge in [-0.15, -0.1) is 0 Å². The third kappa shape index (κ3) is 3.61. The lowest BCUT2D eigenvalue weighted by atomic mass is 9.84. The van der Waals surface area contributed by atoms with Crippen LogP contribution in [0.4, 0.5) is 5.82 Å². The van der Waals surface area contributed by atoms with Crippen molar-refractivity contribution < 1.29 is 4.79 Å². The number of hydrogen-bond acceptors (Lipinski definition) is 6. The van der Waals surface area contributed by atoms with Crippen LogP contribution in [0.5, 0.6) is 0 Å². The summed E-state index contributed by atoms with van der Waals surface area (Å²) in [6, 6.07) is 13.8. The molecule has 2 aliphatic rings. The van der Waals surface area contributed by atoms with Crippen molar-refractivity contribution in [3.63, 3.8) is 0 Å². The van der Waals surface area contributed by atoms with E-state index in [1.165, 1.54) is 4.80 Å². The number of fused-ring (bicyclic) bond motifs is 3. The van der Waals surface area contributed by atoms with Gasteiger partial charge < -0.3 is 9.80 Å². The molecule has 4 heterocycles. The van der Waals surface area contributed by atoms with Gasteiger partial charge in [-0.1, -0.05) is 24.3 Å². The van der Waals surface area contributed by atoms with Gasteiger partial charge in [0.2, 0.25) is 0 Å². The molecule has 0 aliphatic carbocycles. The summed E-state index contributed by atoms with van der Waals surface area (Å²) >= 11 is 0. The highest BCUT2D eigenvalue weighted by Gasteiger charge is 2.37. The number of aryl methyl sites for hydroxylation is 1. The Morgan fingerprint density at radius 3 is 2.39 bits per heavy atom. The van der Waals surface area contributed by atoms with Gasteiger partial charge in [0.1, 0.15) is 5.82 Å². The van der Waals surface area contributed by atoms with Crippen molar-refractivity contribution in [3.8, 4) is 5.69 Å². The van der Waals surface area contributed by atoms with Gasteiger partial charge in [-0.3, -0.25) is 9.78 Å². The molecule has 0 N–H and O–H groups in total. The minimum Gasteiger partial charge on any atom is -0.355 e. The zero-order valence-electron chi connectivity index (χ0n) is 18.5. The Balaban J connectivity index is 1.24. The van der Waals surface area contributed by atoms with Crippen molar-refractivity contribution in [1.82, 2.24) is 29.9 Å². The molecule has 2 fully saturated rings. The van der Waals surface area contributed by atoms with Crippen molar-refractivity contribution in [2.45, 2.75) is 13.3 Å². The maximum absolute atomic E-state index is 13.7. The zero-order valence-corrected chi connectivity index (χ0v) is 18.5. The summed E-state index contributed by atoms with van der Waals surface area (Å²) in [5, 5.41) is 8.51. The highest BCUT2D eigenvalue weighted by Crippen LogP contribution is 2.32. The molecule has 2 atom stereocenters. The van der Waals surface area contributed by atoms with Gasteiger partial charge >= 0.3 is 0 Å². The third-order valence-electron chi connectivity index (χ3n) is 6.73. The van der Waals surface area contributed by atoms with E-state index in [-0.39, 0.29) is 5.91 Å². The molecular formula is C25H25N7O. The molecule has 33 heavy (non-hydrogen) atoms. The van der Waals surface area contributed by atoms with E-state index >= 15 is 0 Å². The number of benzene rings is 2. The second-order valence-corrected chi connectivity index (χ2v) is 9.09. The second-order valence-electron chi connectivity index (χ2n) is 9.09. The lowest BCUT2D eigenvalue weighted by Crippen LogP contribution is -2.54. The summed E-state index contributed by atoms with van der Waals surface area (Å²) in [6.07, 6.45) is 6.28. The fourth-order valence-corrected chi connectivity index (χ4v) is 5.33. The first-order valence-corrected chi connectivity index (χ1v) is 11.4. The molecular weight excluding hydrogens is 414 g/mol. The molecule has 6 rings (SSSR count). The van der Waals surface area contributed by atoms with E-state index in [0.717, 1.165) is 60.7 Å². The predicted molar refractivity (Wildman–Crippen MR) is 125 cm³/mol. The molecule has 0 saturated carbocycles. The molecule has 2 aliphatic heterocycles. The average molecular weight is 440 g/mol. The van der Waals surface area contributed by atoms with Crippen LogP contribution in [-0.4, -0.2) is 61.9 Å². The van der Waals surface area contributed by atoms with Crippen LogP contribution in [0.25, 0.3) is 16.7 Å². The maximum atomic E-state index is 13.7. The quantitative estimate of drug-likeness (QED) is 0.488. The first-order chi connectivity index (χ1) is 16.2. The molecule has 2 aromatic heterocycles. The molecule has 2 saturated heterocycles. The number of anilines is 1. The highest BCUT2D eigenvalue weighted by atomic mass is 16.2. The van der Waals surface area contributed by atoms with E-state index in [2.05, 4.69) is 20.1 Å². The van der Waals surface area contributed by atoms with Crippen LogP contribution in [0, 0.1) is 18.8 Å². The number of rotatable bonds is 3. The van der Waals surface area contributed by atoms with E-state index in [4.69, 9.17) is 4.98 Å². The standard InChI is InChI=1S/C25H25N7O/c1-17-5-4-8-22(32-27-9-10-28-32)24(17)25(33)31-15-18-11-19(16-31)14-30(13-18)23-12-26-20-6-2-3-7-21(20)29-23/h2-10,12,18-19H,11,13-16H2,1H3. The third-order valence-corrected chi connectivity index (χ3v) is 6.73. The topological polar surface area (TPSA) is 80.0 Å². The first-order valence-electron chi connectivity index (χ1n) is 11.4. The molecule has 2 unspecified atom stereocenters. The number of nitrogens with zero attached hydrogens (tertiary/aromatic N) is 7. The number of amides is 1. The molecule has 2 aromatic carbocycles. The molecule has 0 spiro atoms. The largest absolute Gasteiger partial charge is 0.355 e. The van der Waals surface area contributed by atoms with Crippen LogP contribution in [0.1, 0.15) is 22.3 Å². The van der Waals surface area contributed by atoms with E-state index in [0.29, 0.717) is 17.4 Å². The van der Waals surface area contributed by atoms with E-state index in [1.54, 1.807) is 12.4 Å². The minimum absolute atomic E-state index is 0.0639. The number of para-hydroxylation sites is 2. The van der Waals surface area contributed by atoms with Gasteiger partial charge in [-0.25, -0.2) is 4.98 Å². The SMILES string of the molecule is Cc1cccc(-n2nccn2)c1C(=O)N1CC2CC(C1)CN(c1cnc3ccccc3n1)C2. The average Bonchev–Trinajstić information content (AvgIpc) is 3.37. The molecule has 1 amide bonds. The van der Waals surface area contributed by atoms with Crippen LogP contribution in [0.2, 0.25) is 0 Å².